The molecule has 0 saturated heterocycles. The molecular formula is C17H20O9. The first-order valence-electron chi connectivity index (χ1n) is 7.74. The molecule has 2 atom stereocenters. The van der Waals surface area contributed by atoms with Crippen molar-refractivity contribution < 1.29 is 44.6 Å². The summed E-state index contributed by atoms with van der Waals surface area (Å²) >= 11 is 0. The predicted octanol–water partition coefficient (Wildman–Crippen LogP) is -0.343. The summed E-state index contributed by atoms with van der Waals surface area (Å²) in [5.41, 5.74) is -1.66. The SMILES string of the molecule is COc1cc(C=CC(=O)OC2(C(=O)O)C[C@@H](O)C(O)[C@H](O)C2)ccc1O. The fraction of sp³-hybridized carbons (Fsp3) is 0.412. The minimum atomic E-state index is -2.15. The predicted molar refractivity (Wildman–Crippen MR) is 87.4 cm³/mol. The van der Waals surface area contributed by atoms with Gasteiger partial charge in [0.2, 0.25) is 5.60 Å². The number of methoxy groups -OCH3 is 1. The van der Waals surface area contributed by atoms with E-state index in [4.69, 9.17) is 9.47 Å². The zero-order valence-corrected chi connectivity index (χ0v) is 13.9. The Labute approximate surface area is 148 Å². The largest absolute Gasteiger partial charge is 0.504 e. The topological polar surface area (TPSA) is 154 Å². The summed E-state index contributed by atoms with van der Waals surface area (Å²) in [6.45, 7) is 0. The average molecular weight is 368 g/mol. The van der Waals surface area contributed by atoms with Crippen molar-refractivity contribution in [2.24, 2.45) is 0 Å². The molecule has 0 amide bonds. The average Bonchev–Trinajstić information content (AvgIpc) is 2.58. The second kappa shape index (κ2) is 7.73. The Balaban J connectivity index is 2.15. The van der Waals surface area contributed by atoms with Gasteiger partial charge in [-0.05, 0) is 23.8 Å². The normalized spacial score (nSPS) is 28.7. The molecule has 9 nitrogen and oxygen atoms in total. The van der Waals surface area contributed by atoms with Gasteiger partial charge in [0.05, 0.1) is 19.3 Å². The summed E-state index contributed by atoms with van der Waals surface area (Å²) in [5.74, 6) is -2.43. The number of aliphatic carboxylic acids is 1. The number of carbonyl (C=O) groups excluding carboxylic acids is 1. The third kappa shape index (κ3) is 4.13. The zero-order chi connectivity index (χ0) is 19.5. The van der Waals surface area contributed by atoms with Crippen LogP contribution in [0.15, 0.2) is 24.3 Å². The van der Waals surface area contributed by atoms with Gasteiger partial charge < -0.3 is 35.0 Å². The molecule has 2 rings (SSSR count). The molecule has 1 aromatic carbocycles. The number of benzene rings is 1. The number of phenolic OH excluding ortho intramolecular Hbond substituents is 1. The molecular weight excluding hydrogens is 348 g/mol. The number of carboxylic acid groups (broad SMARTS) is 1. The Hall–Kier alpha value is -2.62. The number of hydrogen-bond donors (Lipinski definition) is 5. The van der Waals surface area contributed by atoms with E-state index < -0.39 is 48.7 Å². The standard InChI is InChI=1S/C17H20O9/c1-25-13-6-9(2-4-10(13)18)3-5-14(21)26-17(16(23)24)7-11(19)15(22)12(20)8-17/h2-6,11-12,15,18-20,22H,7-8H2,1H3,(H,23,24)/t11-,12-,15?,17?/m1/s1. The second-order valence-electron chi connectivity index (χ2n) is 6.02. The van der Waals surface area contributed by atoms with Gasteiger partial charge in [-0.2, -0.15) is 0 Å². The van der Waals surface area contributed by atoms with Gasteiger partial charge >= 0.3 is 11.9 Å². The minimum Gasteiger partial charge on any atom is -0.504 e. The number of aromatic hydroxyl groups is 1. The summed E-state index contributed by atoms with van der Waals surface area (Å²) in [6.07, 6.45) is -3.41. The molecule has 0 unspecified atom stereocenters. The fourth-order valence-corrected chi connectivity index (χ4v) is 2.75. The zero-order valence-electron chi connectivity index (χ0n) is 13.9. The monoisotopic (exact) mass is 368 g/mol. The highest BCUT2D eigenvalue weighted by Gasteiger charge is 2.52. The Bertz CT molecular complexity index is 700. The summed E-state index contributed by atoms with van der Waals surface area (Å²) in [6, 6.07) is 4.31. The van der Waals surface area contributed by atoms with E-state index >= 15 is 0 Å². The first-order valence-corrected chi connectivity index (χ1v) is 7.74. The second-order valence-corrected chi connectivity index (χ2v) is 6.02. The van der Waals surface area contributed by atoms with Crippen LogP contribution >= 0.6 is 0 Å². The van der Waals surface area contributed by atoms with Crippen LogP contribution in [0.5, 0.6) is 11.5 Å². The van der Waals surface area contributed by atoms with Crippen LogP contribution in [0.4, 0.5) is 0 Å². The van der Waals surface area contributed by atoms with Crippen LogP contribution in [-0.2, 0) is 14.3 Å². The van der Waals surface area contributed by atoms with Crippen LogP contribution in [0, 0.1) is 0 Å². The van der Waals surface area contributed by atoms with Crippen LogP contribution in [0.25, 0.3) is 6.08 Å². The lowest BCUT2D eigenvalue weighted by Gasteiger charge is -2.39. The highest BCUT2D eigenvalue weighted by molar-refractivity contribution is 5.90. The van der Waals surface area contributed by atoms with Gasteiger partial charge in [-0.1, -0.05) is 6.07 Å². The molecule has 0 spiro atoms. The van der Waals surface area contributed by atoms with Crippen molar-refractivity contribution >= 4 is 18.0 Å². The summed E-state index contributed by atoms with van der Waals surface area (Å²) in [4.78, 5) is 23.6. The molecule has 0 radical (unpaired) electrons. The first kappa shape index (κ1) is 19.7. The van der Waals surface area contributed by atoms with Gasteiger partial charge in [-0.25, -0.2) is 9.59 Å². The van der Waals surface area contributed by atoms with E-state index in [0.717, 1.165) is 6.08 Å². The molecule has 1 aromatic rings. The molecule has 0 heterocycles. The highest BCUT2D eigenvalue weighted by atomic mass is 16.6. The lowest BCUT2D eigenvalue weighted by molar-refractivity contribution is -0.201. The molecule has 1 saturated carbocycles. The summed E-state index contributed by atoms with van der Waals surface area (Å²) < 4.78 is 9.93. The van der Waals surface area contributed by atoms with Gasteiger partial charge in [0.15, 0.2) is 11.5 Å². The van der Waals surface area contributed by atoms with Crippen LogP contribution in [-0.4, -0.2) is 68.5 Å². The van der Waals surface area contributed by atoms with E-state index in [9.17, 15) is 35.1 Å². The third-order valence-electron chi connectivity index (χ3n) is 4.17. The molecule has 0 aliphatic heterocycles. The van der Waals surface area contributed by atoms with Gasteiger partial charge in [0, 0.05) is 18.9 Å². The number of carbonyl (C=O) groups is 2. The molecule has 1 aliphatic rings. The molecule has 142 valence electrons. The molecule has 1 fully saturated rings. The maximum absolute atomic E-state index is 12.0. The first-order chi connectivity index (χ1) is 12.2. The lowest BCUT2D eigenvalue weighted by atomic mass is 9.79. The van der Waals surface area contributed by atoms with E-state index in [0.29, 0.717) is 5.56 Å². The number of carboxylic acids is 1. The third-order valence-corrected chi connectivity index (χ3v) is 4.17. The highest BCUT2D eigenvalue weighted by Crippen LogP contribution is 2.33. The van der Waals surface area contributed by atoms with Crippen LogP contribution in [0.1, 0.15) is 18.4 Å². The number of aliphatic hydroxyl groups is 3. The molecule has 5 N–H and O–H groups in total. The fourth-order valence-electron chi connectivity index (χ4n) is 2.75. The van der Waals surface area contributed by atoms with Crippen LogP contribution in [0.2, 0.25) is 0 Å². The quantitative estimate of drug-likeness (QED) is 0.347. The van der Waals surface area contributed by atoms with Crippen LogP contribution < -0.4 is 4.74 Å². The van der Waals surface area contributed by atoms with Crippen molar-refractivity contribution in [3.63, 3.8) is 0 Å². The number of hydrogen-bond acceptors (Lipinski definition) is 8. The number of phenols is 1. The molecule has 1 aliphatic carbocycles. The van der Waals surface area contributed by atoms with Crippen molar-refractivity contribution in [3.05, 3.63) is 29.8 Å². The van der Waals surface area contributed by atoms with Crippen molar-refractivity contribution in [3.8, 4) is 11.5 Å². The van der Waals surface area contributed by atoms with E-state index in [1.165, 1.54) is 31.4 Å². The van der Waals surface area contributed by atoms with E-state index in [-0.39, 0.29) is 11.5 Å². The molecule has 0 aromatic heterocycles. The van der Waals surface area contributed by atoms with Crippen molar-refractivity contribution in [1.82, 2.24) is 0 Å². The van der Waals surface area contributed by atoms with E-state index in [2.05, 4.69) is 0 Å². The molecule has 26 heavy (non-hydrogen) atoms. The van der Waals surface area contributed by atoms with Gasteiger partial charge in [0.25, 0.3) is 0 Å². The smallest absolute Gasteiger partial charge is 0.348 e. The molecule has 0 bridgehead atoms. The Kier molecular flexibility index (Phi) is 5.86. The van der Waals surface area contributed by atoms with Gasteiger partial charge in [-0.3, -0.25) is 0 Å². The molecule has 9 heteroatoms. The Morgan fingerprint density at radius 3 is 2.35 bits per heavy atom. The van der Waals surface area contributed by atoms with Crippen molar-refractivity contribution in [2.45, 2.75) is 36.8 Å². The van der Waals surface area contributed by atoms with Crippen molar-refractivity contribution in [1.29, 1.82) is 0 Å². The summed E-state index contributed by atoms with van der Waals surface area (Å²) in [5, 5.41) is 47.9. The van der Waals surface area contributed by atoms with E-state index in [1.54, 1.807) is 0 Å². The number of aliphatic hydroxyl groups excluding tert-OH is 3. The number of rotatable bonds is 5. The maximum atomic E-state index is 12.0. The Morgan fingerprint density at radius 2 is 1.81 bits per heavy atom. The Morgan fingerprint density at radius 1 is 1.19 bits per heavy atom. The van der Waals surface area contributed by atoms with Crippen LogP contribution in [0.3, 0.4) is 0 Å². The maximum Gasteiger partial charge on any atom is 0.348 e. The number of ether oxygens (including phenoxy) is 2. The van der Waals surface area contributed by atoms with Gasteiger partial charge in [0.1, 0.15) is 6.10 Å². The van der Waals surface area contributed by atoms with Gasteiger partial charge in [-0.15, -0.1) is 0 Å². The lowest BCUT2D eigenvalue weighted by Crippen LogP contribution is -2.57. The summed E-state index contributed by atoms with van der Waals surface area (Å²) in [7, 11) is 1.36. The van der Waals surface area contributed by atoms with E-state index in [1.807, 2.05) is 0 Å². The number of esters is 1. The minimum absolute atomic E-state index is 0.0826. The van der Waals surface area contributed by atoms with Crippen molar-refractivity contribution in [2.75, 3.05) is 7.11 Å².